The smallest absolute Gasteiger partial charge is 0.190 e. The average molecular weight is 393 g/mol. The van der Waals surface area contributed by atoms with Crippen LogP contribution < -0.4 is 15.4 Å². The fourth-order valence-electron chi connectivity index (χ4n) is 2.86. The highest BCUT2D eigenvalue weighted by molar-refractivity contribution is 6.29. The summed E-state index contributed by atoms with van der Waals surface area (Å²) in [5.74, 6) is 1.13. The summed E-state index contributed by atoms with van der Waals surface area (Å²) in [6, 6.07) is 6.69. The van der Waals surface area contributed by atoms with E-state index in [2.05, 4.69) is 20.6 Å². The minimum absolute atomic E-state index is 0.196. The van der Waals surface area contributed by atoms with Gasteiger partial charge in [0.2, 0.25) is 0 Å². The summed E-state index contributed by atoms with van der Waals surface area (Å²) >= 11 is 5.79. The van der Waals surface area contributed by atoms with E-state index in [-0.39, 0.29) is 12.6 Å². The Morgan fingerprint density at radius 3 is 2.81 bits per heavy atom. The van der Waals surface area contributed by atoms with Crippen molar-refractivity contribution >= 4 is 17.6 Å². The second-order valence-electron chi connectivity index (χ2n) is 6.08. The number of nitrogens with one attached hydrogen (secondary N) is 2. The first kappa shape index (κ1) is 19.4. The SMILES string of the molecule is CN=C(NCCc1ccc(Cl)nc1)NCCc1cc(F)cc2c1OCOC2. The van der Waals surface area contributed by atoms with Crippen molar-refractivity contribution in [2.75, 3.05) is 26.9 Å². The van der Waals surface area contributed by atoms with Gasteiger partial charge in [-0.2, -0.15) is 0 Å². The third-order valence-electron chi connectivity index (χ3n) is 4.16. The zero-order valence-corrected chi connectivity index (χ0v) is 15.9. The topological polar surface area (TPSA) is 67.8 Å². The molecule has 0 atom stereocenters. The van der Waals surface area contributed by atoms with Crippen LogP contribution in [0.3, 0.4) is 0 Å². The molecule has 0 aliphatic carbocycles. The van der Waals surface area contributed by atoms with Crippen molar-refractivity contribution in [2.45, 2.75) is 19.4 Å². The van der Waals surface area contributed by atoms with Crippen molar-refractivity contribution in [3.8, 4) is 5.75 Å². The van der Waals surface area contributed by atoms with Gasteiger partial charge in [-0.05, 0) is 42.2 Å². The number of halogens is 2. The maximum Gasteiger partial charge on any atom is 0.190 e. The molecule has 3 rings (SSSR count). The van der Waals surface area contributed by atoms with Gasteiger partial charge in [0, 0.05) is 31.9 Å². The summed E-state index contributed by atoms with van der Waals surface area (Å²) in [5.41, 5.74) is 2.66. The number of nitrogens with zero attached hydrogens (tertiary/aromatic N) is 2. The fourth-order valence-corrected chi connectivity index (χ4v) is 2.97. The van der Waals surface area contributed by atoms with Gasteiger partial charge < -0.3 is 20.1 Å². The van der Waals surface area contributed by atoms with E-state index in [4.69, 9.17) is 21.1 Å². The minimum Gasteiger partial charge on any atom is -0.467 e. The Bertz CT molecular complexity index is 799. The molecule has 8 heteroatoms. The van der Waals surface area contributed by atoms with E-state index in [9.17, 15) is 4.39 Å². The standard InChI is InChI=1S/C19H22ClFN4O2/c1-22-19(23-6-4-13-2-3-17(20)25-10-13)24-7-5-14-8-16(21)9-15-11-26-12-27-18(14)15/h2-3,8-10H,4-7,11-12H2,1H3,(H2,22,23,24). The Kier molecular flexibility index (Phi) is 6.84. The van der Waals surface area contributed by atoms with Gasteiger partial charge in [0.05, 0.1) is 6.61 Å². The van der Waals surface area contributed by atoms with Gasteiger partial charge in [0.25, 0.3) is 0 Å². The number of aliphatic imine (C=N–C) groups is 1. The van der Waals surface area contributed by atoms with Crippen LogP contribution in [0.25, 0.3) is 0 Å². The van der Waals surface area contributed by atoms with Crippen LogP contribution in [0.2, 0.25) is 5.15 Å². The molecule has 2 aromatic rings. The summed E-state index contributed by atoms with van der Waals surface area (Å²) in [4.78, 5) is 8.26. The van der Waals surface area contributed by atoms with Crippen LogP contribution in [-0.4, -0.2) is 37.9 Å². The molecule has 0 saturated carbocycles. The lowest BCUT2D eigenvalue weighted by Gasteiger charge is -2.21. The molecule has 0 amide bonds. The lowest BCUT2D eigenvalue weighted by atomic mass is 10.1. The Labute approximate surface area is 162 Å². The van der Waals surface area contributed by atoms with Crippen LogP contribution >= 0.6 is 11.6 Å². The summed E-state index contributed by atoms with van der Waals surface area (Å²) in [6.07, 6.45) is 3.18. The molecule has 27 heavy (non-hydrogen) atoms. The highest BCUT2D eigenvalue weighted by atomic mass is 35.5. The number of pyridine rings is 1. The van der Waals surface area contributed by atoms with Crippen molar-refractivity contribution < 1.29 is 13.9 Å². The van der Waals surface area contributed by atoms with Gasteiger partial charge >= 0.3 is 0 Å². The maximum absolute atomic E-state index is 13.8. The van der Waals surface area contributed by atoms with Crippen LogP contribution in [0.5, 0.6) is 5.75 Å². The van der Waals surface area contributed by atoms with Gasteiger partial charge in [0.1, 0.15) is 16.7 Å². The van der Waals surface area contributed by atoms with E-state index in [0.717, 1.165) is 28.9 Å². The number of rotatable bonds is 6. The molecular formula is C19H22ClFN4O2. The van der Waals surface area contributed by atoms with Crippen LogP contribution in [0, 0.1) is 5.82 Å². The predicted octanol–water partition coefficient (Wildman–Crippen LogP) is 2.69. The Morgan fingerprint density at radius 1 is 1.26 bits per heavy atom. The summed E-state index contributed by atoms with van der Waals surface area (Å²) in [5, 5.41) is 6.96. The summed E-state index contributed by atoms with van der Waals surface area (Å²) in [7, 11) is 1.71. The molecule has 0 fully saturated rings. The number of fused-ring (bicyclic) bond motifs is 1. The molecule has 1 aromatic carbocycles. The molecular weight excluding hydrogens is 371 g/mol. The third-order valence-corrected chi connectivity index (χ3v) is 4.38. The van der Waals surface area contributed by atoms with E-state index in [0.29, 0.717) is 37.2 Å². The first-order valence-corrected chi connectivity index (χ1v) is 9.10. The van der Waals surface area contributed by atoms with Gasteiger partial charge in [0.15, 0.2) is 12.8 Å². The van der Waals surface area contributed by atoms with E-state index >= 15 is 0 Å². The third kappa shape index (κ3) is 5.55. The predicted molar refractivity (Wildman–Crippen MR) is 103 cm³/mol. The molecule has 6 nitrogen and oxygen atoms in total. The van der Waals surface area contributed by atoms with Crippen molar-refractivity contribution in [2.24, 2.45) is 4.99 Å². The minimum atomic E-state index is -0.281. The second kappa shape index (κ2) is 9.53. The number of ether oxygens (including phenoxy) is 2. The van der Waals surface area contributed by atoms with Gasteiger partial charge in [-0.15, -0.1) is 0 Å². The summed E-state index contributed by atoms with van der Waals surface area (Å²) in [6.45, 7) is 1.87. The lowest BCUT2D eigenvalue weighted by molar-refractivity contribution is -0.0172. The van der Waals surface area contributed by atoms with Crippen LogP contribution in [0.4, 0.5) is 4.39 Å². The van der Waals surface area contributed by atoms with Crippen LogP contribution in [0.1, 0.15) is 16.7 Å². The van der Waals surface area contributed by atoms with E-state index in [1.165, 1.54) is 12.1 Å². The molecule has 1 aliphatic heterocycles. The highest BCUT2D eigenvalue weighted by Gasteiger charge is 2.16. The largest absolute Gasteiger partial charge is 0.467 e. The molecule has 1 aromatic heterocycles. The van der Waals surface area contributed by atoms with Crippen LogP contribution in [-0.2, 0) is 24.2 Å². The number of benzene rings is 1. The molecule has 0 radical (unpaired) electrons. The first-order valence-electron chi connectivity index (χ1n) is 8.72. The highest BCUT2D eigenvalue weighted by Crippen LogP contribution is 2.29. The normalized spacial score (nSPS) is 13.7. The monoisotopic (exact) mass is 392 g/mol. The number of guanidine groups is 1. The van der Waals surface area contributed by atoms with Crippen molar-refractivity contribution in [3.05, 3.63) is 58.1 Å². The quantitative estimate of drug-likeness (QED) is 0.449. The summed E-state index contributed by atoms with van der Waals surface area (Å²) < 4.78 is 24.5. The molecule has 2 N–H and O–H groups in total. The molecule has 0 unspecified atom stereocenters. The molecule has 2 heterocycles. The van der Waals surface area contributed by atoms with E-state index < -0.39 is 0 Å². The van der Waals surface area contributed by atoms with Crippen LogP contribution in [0.15, 0.2) is 35.5 Å². The van der Waals surface area contributed by atoms with Crippen molar-refractivity contribution in [1.82, 2.24) is 15.6 Å². The fraction of sp³-hybridized carbons (Fsp3) is 0.368. The first-order chi connectivity index (χ1) is 13.2. The van der Waals surface area contributed by atoms with Crippen molar-refractivity contribution in [3.63, 3.8) is 0 Å². The number of hydrogen-bond acceptors (Lipinski definition) is 4. The number of aromatic nitrogens is 1. The Hall–Kier alpha value is -2.38. The molecule has 144 valence electrons. The maximum atomic E-state index is 13.8. The molecule has 0 saturated heterocycles. The van der Waals surface area contributed by atoms with E-state index in [1.807, 2.05) is 6.07 Å². The number of hydrogen-bond donors (Lipinski definition) is 2. The Morgan fingerprint density at radius 2 is 2.07 bits per heavy atom. The van der Waals surface area contributed by atoms with Gasteiger partial charge in [-0.1, -0.05) is 17.7 Å². The average Bonchev–Trinajstić information content (AvgIpc) is 2.68. The lowest BCUT2D eigenvalue weighted by Crippen LogP contribution is -2.39. The second-order valence-corrected chi connectivity index (χ2v) is 6.47. The molecule has 1 aliphatic rings. The van der Waals surface area contributed by atoms with E-state index in [1.54, 1.807) is 19.3 Å². The van der Waals surface area contributed by atoms with Gasteiger partial charge in [-0.25, -0.2) is 9.37 Å². The van der Waals surface area contributed by atoms with Crippen molar-refractivity contribution in [1.29, 1.82) is 0 Å². The molecule has 0 bridgehead atoms. The van der Waals surface area contributed by atoms with Gasteiger partial charge in [-0.3, -0.25) is 4.99 Å². The zero-order chi connectivity index (χ0) is 19.1. The Balaban J connectivity index is 1.47. The molecule has 0 spiro atoms. The zero-order valence-electron chi connectivity index (χ0n) is 15.1.